The van der Waals surface area contributed by atoms with Gasteiger partial charge in [-0.05, 0) is 83.6 Å². The van der Waals surface area contributed by atoms with Gasteiger partial charge in [0, 0.05) is 10.4 Å². The Hall–Kier alpha value is -3.37. The molecule has 7 nitrogen and oxygen atoms in total. The van der Waals surface area contributed by atoms with Gasteiger partial charge in [-0.25, -0.2) is 4.98 Å². The molecule has 2 heterocycles. The highest BCUT2D eigenvalue weighted by Gasteiger charge is 2.17. The van der Waals surface area contributed by atoms with E-state index in [0.29, 0.717) is 45.4 Å². The van der Waals surface area contributed by atoms with Crippen LogP contribution in [0, 0.1) is 3.57 Å². The summed E-state index contributed by atoms with van der Waals surface area (Å²) in [6, 6.07) is 18.0. The highest BCUT2D eigenvalue weighted by atomic mass is 127. The normalized spacial score (nSPS) is 11.5. The zero-order valence-electron chi connectivity index (χ0n) is 18.8. The lowest BCUT2D eigenvalue weighted by Gasteiger charge is -2.12. The average molecular weight is 600 g/mol. The van der Waals surface area contributed by atoms with Crippen LogP contribution in [0.15, 0.2) is 75.0 Å². The number of hydrogen-bond acceptors (Lipinski definition) is 6. The third-order valence-corrected chi connectivity index (χ3v) is 6.35. The lowest BCUT2D eigenvalue weighted by molar-refractivity contribution is 0.308. The molecule has 0 amide bonds. The Morgan fingerprint density at radius 2 is 2.00 bits per heavy atom. The molecular formula is C26H19ClIN3O4. The minimum Gasteiger partial charge on any atom is -0.493 e. The molecule has 35 heavy (non-hydrogen) atoms. The topological polar surface area (TPSA) is 78.9 Å². The van der Waals surface area contributed by atoms with Crippen molar-refractivity contribution in [3.63, 3.8) is 0 Å². The van der Waals surface area contributed by atoms with E-state index in [4.69, 9.17) is 30.5 Å². The number of para-hydroxylation sites is 1. The van der Waals surface area contributed by atoms with Crippen LogP contribution in [0.4, 0.5) is 0 Å². The quantitative estimate of drug-likeness (QED) is 0.168. The fraction of sp³-hybridized carbons (Fsp3) is 0.115. The predicted octanol–water partition coefficient (Wildman–Crippen LogP) is 6.36. The largest absolute Gasteiger partial charge is 0.493 e. The van der Waals surface area contributed by atoms with E-state index in [0.717, 1.165) is 14.5 Å². The highest BCUT2D eigenvalue weighted by molar-refractivity contribution is 14.1. The Balaban J connectivity index is 1.68. The van der Waals surface area contributed by atoms with Crippen molar-refractivity contribution >= 4 is 62.3 Å². The van der Waals surface area contributed by atoms with Gasteiger partial charge in [0.2, 0.25) is 5.82 Å². The van der Waals surface area contributed by atoms with Gasteiger partial charge < -0.3 is 13.9 Å². The van der Waals surface area contributed by atoms with Crippen molar-refractivity contribution in [3.8, 4) is 23.1 Å². The molecule has 0 unspecified atom stereocenters. The van der Waals surface area contributed by atoms with E-state index in [2.05, 4.69) is 27.7 Å². The van der Waals surface area contributed by atoms with Crippen LogP contribution < -0.4 is 15.0 Å². The summed E-state index contributed by atoms with van der Waals surface area (Å²) in [7, 11) is 1.58. The second kappa shape index (κ2) is 9.71. The van der Waals surface area contributed by atoms with Gasteiger partial charge in [0.05, 0.1) is 34.4 Å². The standard InChI is InChI=1S/C26H19ClIN3O4/c1-3-34-24-19(28)10-15(11-22(24)33-2)14-29-31-25(30-20-7-5-4-6-18(20)26(31)32)23-13-16-12-17(27)8-9-21(16)35-23/h4-14H,3H2,1-2H3. The third kappa shape index (κ3) is 4.51. The highest BCUT2D eigenvalue weighted by Crippen LogP contribution is 2.34. The molecule has 0 N–H and O–H groups in total. The van der Waals surface area contributed by atoms with Crippen molar-refractivity contribution in [2.45, 2.75) is 6.92 Å². The van der Waals surface area contributed by atoms with Crippen molar-refractivity contribution < 1.29 is 13.9 Å². The zero-order valence-corrected chi connectivity index (χ0v) is 21.7. The van der Waals surface area contributed by atoms with Gasteiger partial charge in [-0.3, -0.25) is 4.79 Å². The molecular weight excluding hydrogens is 581 g/mol. The first-order valence-electron chi connectivity index (χ1n) is 10.7. The SMILES string of the molecule is CCOc1c(I)cc(C=Nn2c(-c3cc4cc(Cl)ccc4o3)nc3ccccc3c2=O)cc1OC. The van der Waals surface area contributed by atoms with Crippen LogP contribution in [-0.4, -0.2) is 29.6 Å². The number of methoxy groups -OCH3 is 1. The van der Waals surface area contributed by atoms with Crippen molar-refractivity contribution in [3.05, 3.63) is 85.2 Å². The van der Waals surface area contributed by atoms with Gasteiger partial charge in [-0.15, -0.1) is 0 Å². The van der Waals surface area contributed by atoms with Crippen molar-refractivity contribution in [2.75, 3.05) is 13.7 Å². The first kappa shape index (κ1) is 23.4. The van der Waals surface area contributed by atoms with E-state index < -0.39 is 0 Å². The van der Waals surface area contributed by atoms with E-state index in [1.165, 1.54) is 4.68 Å². The van der Waals surface area contributed by atoms with Crippen molar-refractivity contribution in [1.29, 1.82) is 0 Å². The summed E-state index contributed by atoms with van der Waals surface area (Å²) in [6.45, 7) is 2.43. The van der Waals surface area contributed by atoms with E-state index in [9.17, 15) is 4.79 Å². The number of benzene rings is 3. The van der Waals surface area contributed by atoms with Gasteiger partial charge in [-0.2, -0.15) is 9.78 Å². The number of ether oxygens (including phenoxy) is 2. The van der Waals surface area contributed by atoms with Crippen LogP contribution >= 0.6 is 34.2 Å². The number of aromatic nitrogens is 2. The maximum absolute atomic E-state index is 13.4. The Bertz CT molecular complexity index is 1660. The van der Waals surface area contributed by atoms with E-state index in [-0.39, 0.29) is 11.4 Å². The molecule has 5 rings (SSSR count). The number of nitrogens with zero attached hydrogens (tertiary/aromatic N) is 3. The van der Waals surface area contributed by atoms with Crippen molar-refractivity contribution in [1.82, 2.24) is 9.66 Å². The van der Waals surface area contributed by atoms with Gasteiger partial charge in [-0.1, -0.05) is 23.7 Å². The Labute approximate surface area is 219 Å². The summed E-state index contributed by atoms with van der Waals surface area (Å²) in [5, 5.41) is 6.35. The molecule has 0 atom stereocenters. The second-order valence-electron chi connectivity index (χ2n) is 7.57. The second-order valence-corrected chi connectivity index (χ2v) is 9.17. The van der Waals surface area contributed by atoms with E-state index in [1.54, 1.807) is 61.9 Å². The number of furan rings is 1. The van der Waals surface area contributed by atoms with Gasteiger partial charge in [0.1, 0.15) is 5.58 Å². The molecule has 9 heteroatoms. The number of rotatable bonds is 6. The van der Waals surface area contributed by atoms with Gasteiger partial charge >= 0.3 is 0 Å². The average Bonchev–Trinajstić information content (AvgIpc) is 3.28. The molecule has 0 aliphatic heterocycles. The van der Waals surface area contributed by atoms with Crippen molar-refractivity contribution in [2.24, 2.45) is 5.10 Å². The summed E-state index contributed by atoms with van der Waals surface area (Å²) < 4.78 is 19.3. The first-order chi connectivity index (χ1) is 17.0. The first-order valence-corrected chi connectivity index (χ1v) is 12.2. The minimum atomic E-state index is -0.312. The number of fused-ring (bicyclic) bond motifs is 2. The fourth-order valence-electron chi connectivity index (χ4n) is 3.74. The maximum atomic E-state index is 13.4. The molecule has 0 saturated carbocycles. The zero-order chi connectivity index (χ0) is 24.5. The van der Waals surface area contributed by atoms with Crippen LogP contribution in [0.5, 0.6) is 11.5 Å². The van der Waals surface area contributed by atoms with Crippen LogP contribution in [0.1, 0.15) is 12.5 Å². The Kier molecular flexibility index (Phi) is 6.48. The maximum Gasteiger partial charge on any atom is 0.282 e. The van der Waals surface area contributed by atoms with Crippen LogP contribution in [0.2, 0.25) is 5.02 Å². The monoisotopic (exact) mass is 599 g/mol. The molecule has 3 aromatic carbocycles. The predicted molar refractivity (Wildman–Crippen MR) is 146 cm³/mol. The molecule has 176 valence electrons. The van der Waals surface area contributed by atoms with Gasteiger partial charge in [0.15, 0.2) is 17.3 Å². The van der Waals surface area contributed by atoms with Crippen LogP contribution in [0.25, 0.3) is 33.5 Å². The van der Waals surface area contributed by atoms with Crippen LogP contribution in [-0.2, 0) is 0 Å². The smallest absolute Gasteiger partial charge is 0.282 e. The Morgan fingerprint density at radius 3 is 2.80 bits per heavy atom. The number of halogens is 2. The number of hydrogen-bond donors (Lipinski definition) is 0. The minimum absolute atomic E-state index is 0.282. The molecule has 0 spiro atoms. The summed E-state index contributed by atoms with van der Waals surface area (Å²) in [6.07, 6.45) is 1.58. The molecule has 0 saturated heterocycles. The molecule has 5 aromatic rings. The van der Waals surface area contributed by atoms with Crippen LogP contribution in [0.3, 0.4) is 0 Å². The third-order valence-electron chi connectivity index (χ3n) is 5.32. The van der Waals surface area contributed by atoms with E-state index >= 15 is 0 Å². The van der Waals surface area contributed by atoms with Gasteiger partial charge in [0.25, 0.3) is 5.56 Å². The molecule has 0 aliphatic rings. The summed E-state index contributed by atoms with van der Waals surface area (Å²) in [5.74, 6) is 1.93. The Morgan fingerprint density at radius 1 is 1.17 bits per heavy atom. The summed E-state index contributed by atoms with van der Waals surface area (Å²) in [4.78, 5) is 18.1. The molecule has 0 radical (unpaired) electrons. The molecule has 2 aromatic heterocycles. The fourth-order valence-corrected chi connectivity index (χ4v) is 4.70. The lowest BCUT2D eigenvalue weighted by atomic mass is 10.2. The van der Waals surface area contributed by atoms with E-state index in [1.807, 2.05) is 19.1 Å². The summed E-state index contributed by atoms with van der Waals surface area (Å²) in [5.41, 5.74) is 1.60. The summed E-state index contributed by atoms with van der Waals surface area (Å²) >= 11 is 8.32. The molecule has 0 bridgehead atoms. The lowest BCUT2D eigenvalue weighted by Crippen LogP contribution is -2.20. The molecule has 0 aliphatic carbocycles. The molecule has 0 fully saturated rings.